The largest absolute Gasteiger partial charge is 0.457 e. The molecule has 0 fully saturated rings. The van der Waals surface area contributed by atoms with Crippen molar-refractivity contribution in [1.29, 1.82) is 0 Å². The van der Waals surface area contributed by atoms with Gasteiger partial charge in [0.15, 0.2) is 0 Å². The molecule has 3 heteroatoms. The van der Waals surface area contributed by atoms with Gasteiger partial charge in [-0.25, -0.2) is 0 Å². The predicted molar refractivity (Wildman–Crippen MR) is 96.5 cm³/mol. The highest BCUT2D eigenvalue weighted by Gasteiger charge is 2.06. The first-order chi connectivity index (χ1) is 11.7. The normalized spacial score (nSPS) is 10.2. The second-order valence-electron chi connectivity index (χ2n) is 5.59. The molecular weight excluding hydrogens is 298 g/mol. The summed E-state index contributed by atoms with van der Waals surface area (Å²) in [6, 6.07) is 24.9. The van der Waals surface area contributed by atoms with Crippen LogP contribution in [0.1, 0.15) is 11.1 Å². The molecule has 0 saturated heterocycles. The van der Waals surface area contributed by atoms with Gasteiger partial charge < -0.3 is 10.1 Å². The minimum absolute atomic E-state index is 0.0268. The van der Waals surface area contributed by atoms with Crippen LogP contribution >= 0.6 is 0 Å². The third-order valence-electron chi connectivity index (χ3n) is 3.73. The van der Waals surface area contributed by atoms with Crippen molar-refractivity contribution in [2.45, 2.75) is 13.3 Å². The number of para-hydroxylation sites is 1. The summed E-state index contributed by atoms with van der Waals surface area (Å²) < 4.78 is 5.74. The van der Waals surface area contributed by atoms with Crippen molar-refractivity contribution in [2.24, 2.45) is 0 Å². The van der Waals surface area contributed by atoms with Crippen LogP contribution in [0.15, 0.2) is 78.9 Å². The van der Waals surface area contributed by atoms with Crippen LogP contribution in [-0.4, -0.2) is 5.91 Å². The Morgan fingerprint density at radius 2 is 1.46 bits per heavy atom. The molecule has 0 aliphatic carbocycles. The van der Waals surface area contributed by atoms with E-state index in [-0.39, 0.29) is 5.91 Å². The van der Waals surface area contributed by atoms with Crippen LogP contribution < -0.4 is 10.1 Å². The zero-order chi connectivity index (χ0) is 16.8. The number of ether oxygens (including phenoxy) is 1. The summed E-state index contributed by atoms with van der Waals surface area (Å²) in [4.78, 5) is 12.2. The molecule has 24 heavy (non-hydrogen) atoms. The maximum atomic E-state index is 12.2. The minimum Gasteiger partial charge on any atom is -0.457 e. The summed E-state index contributed by atoms with van der Waals surface area (Å²) in [6.07, 6.45) is 0.370. The van der Waals surface area contributed by atoms with E-state index in [2.05, 4.69) is 5.32 Å². The lowest BCUT2D eigenvalue weighted by Crippen LogP contribution is -2.14. The number of hydrogen-bond donors (Lipinski definition) is 1. The lowest BCUT2D eigenvalue weighted by atomic mass is 10.1. The van der Waals surface area contributed by atoms with E-state index in [0.717, 1.165) is 28.3 Å². The van der Waals surface area contributed by atoms with Crippen molar-refractivity contribution in [3.8, 4) is 11.5 Å². The second kappa shape index (κ2) is 7.47. The Morgan fingerprint density at radius 1 is 0.833 bits per heavy atom. The van der Waals surface area contributed by atoms with Gasteiger partial charge in [-0.15, -0.1) is 0 Å². The van der Waals surface area contributed by atoms with Gasteiger partial charge in [-0.2, -0.15) is 0 Å². The fourth-order valence-electron chi connectivity index (χ4n) is 2.42. The molecule has 0 saturated carbocycles. The maximum absolute atomic E-state index is 12.2. The maximum Gasteiger partial charge on any atom is 0.228 e. The number of carbonyl (C=O) groups is 1. The van der Waals surface area contributed by atoms with E-state index in [4.69, 9.17) is 4.74 Å². The Hall–Kier alpha value is -3.07. The lowest BCUT2D eigenvalue weighted by molar-refractivity contribution is -0.115. The molecule has 0 aliphatic rings. The summed E-state index contributed by atoms with van der Waals surface area (Å²) in [6.45, 7) is 2.01. The Balaban J connectivity index is 1.60. The van der Waals surface area contributed by atoms with E-state index in [1.54, 1.807) is 0 Å². The fourth-order valence-corrected chi connectivity index (χ4v) is 2.42. The number of benzene rings is 3. The van der Waals surface area contributed by atoms with Gasteiger partial charge in [0.1, 0.15) is 11.5 Å². The number of rotatable bonds is 5. The topological polar surface area (TPSA) is 38.3 Å². The smallest absolute Gasteiger partial charge is 0.228 e. The van der Waals surface area contributed by atoms with Crippen molar-refractivity contribution < 1.29 is 9.53 Å². The molecule has 3 aromatic carbocycles. The first kappa shape index (κ1) is 15.8. The molecule has 0 atom stereocenters. The van der Waals surface area contributed by atoms with Gasteiger partial charge >= 0.3 is 0 Å². The fraction of sp³-hybridized carbons (Fsp3) is 0.0952. The molecule has 3 rings (SSSR count). The van der Waals surface area contributed by atoms with E-state index in [0.29, 0.717) is 6.42 Å². The molecule has 0 unspecified atom stereocenters. The number of carbonyl (C=O) groups excluding carboxylic acids is 1. The highest BCUT2D eigenvalue weighted by molar-refractivity contribution is 5.92. The number of aryl methyl sites for hydroxylation is 1. The van der Waals surface area contributed by atoms with Gasteiger partial charge in [0.25, 0.3) is 0 Å². The highest BCUT2D eigenvalue weighted by atomic mass is 16.5. The second-order valence-corrected chi connectivity index (χ2v) is 5.59. The van der Waals surface area contributed by atoms with Crippen LogP contribution in [0.4, 0.5) is 5.69 Å². The minimum atomic E-state index is -0.0268. The van der Waals surface area contributed by atoms with Gasteiger partial charge in [-0.05, 0) is 54.4 Å². The van der Waals surface area contributed by atoms with E-state index < -0.39 is 0 Å². The zero-order valence-electron chi connectivity index (χ0n) is 13.5. The van der Waals surface area contributed by atoms with E-state index >= 15 is 0 Å². The Kier molecular flexibility index (Phi) is 4.92. The van der Waals surface area contributed by atoms with Crippen LogP contribution in [0.5, 0.6) is 11.5 Å². The molecule has 3 nitrogen and oxygen atoms in total. The SMILES string of the molecule is Cc1ccccc1CC(=O)Nc1ccc(Oc2ccccc2)cc1. The predicted octanol–water partition coefficient (Wildman–Crippen LogP) is 4.97. The summed E-state index contributed by atoms with van der Waals surface area (Å²) in [7, 11) is 0. The van der Waals surface area contributed by atoms with Crippen LogP contribution in [0.2, 0.25) is 0 Å². The number of anilines is 1. The molecule has 0 heterocycles. The van der Waals surface area contributed by atoms with Crippen molar-refractivity contribution in [3.05, 3.63) is 90.0 Å². The molecule has 120 valence electrons. The molecule has 0 aliphatic heterocycles. The molecular formula is C21H19NO2. The first-order valence-electron chi connectivity index (χ1n) is 7.88. The first-order valence-corrected chi connectivity index (χ1v) is 7.88. The van der Waals surface area contributed by atoms with E-state index in [1.165, 1.54) is 0 Å². The number of hydrogen-bond acceptors (Lipinski definition) is 2. The van der Waals surface area contributed by atoms with E-state index in [9.17, 15) is 4.79 Å². The van der Waals surface area contributed by atoms with Crippen molar-refractivity contribution in [1.82, 2.24) is 0 Å². The summed E-state index contributed by atoms with van der Waals surface area (Å²) in [5.74, 6) is 1.49. The van der Waals surface area contributed by atoms with Crippen LogP contribution in [0.25, 0.3) is 0 Å². The highest BCUT2D eigenvalue weighted by Crippen LogP contribution is 2.22. The summed E-state index contributed by atoms with van der Waals surface area (Å²) >= 11 is 0. The molecule has 3 aromatic rings. The summed E-state index contributed by atoms with van der Waals surface area (Å²) in [5.41, 5.74) is 2.92. The van der Waals surface area contributed by atoms with Gasteiger partial charge in [-0.1, -0.05) is 42.5 Å². The van der Waals surface area contributed by atoms with Crippen molar-refractivity contribution in [3.63, 3.8) is 0 Å². The van der Waals surface area contributed by atoms with Crippen LogP contribution in [-0.2, 0) is 11.2 Å². The van der Waals surface area contributed by atoms with Crippen LogP contribution in [0, 0.1) is 6.92 Å². The van der Waals surface area contributed by atoms with Crippen molar-refractivity contribution >= 4 is 11.6 Å². The third kappa shape index (κ3) is 4.23. The monoisotopic (exact) mass is 317 g/mol. The third-order valence-corrected chi connectivity index (χ3v) is 3.73. The molecule has 1 amide bonds. The number of amides is 1. The van der Waals surface area contributed by atoms with Gasteiger partial charge in [0.05, 0.1) is 6.42 Å². The van der Waals surface area contributed by atoms with E-state index in [1.807, 2.05) is 85.8 Å². The molecule has 0 bridgehead atoms. The van der Waals surface area contributed by atoms with Gasteiger partial charge in [-0.3, -0.25) is 4.79 Å². The quantitative estimate of drug-likeness (QED) is 0.721. The molecule has 0 spiro atoms. The van der Waals surface area contributed by atoms with Crippen LogP contribution in [0.3, 0.4) is 0 Å². The zero-order valence-corrected chi connectivity index (χ0v) is 13.5. The molecule has 0 radical (unpaired) electrons. The van der Waals surface area contributed by atoms with Crippen molar-refractivity contribution in [2.75, 3.05) is 5.32 Å². The lowest BCUT2D eigenvalue weighted by Gasteiger charge is -2.09. The Labute approximate surface area is 141 Å². The molecule has 0 aromatic heterocycles. The number of nitrogens with one attached hydrogen (secondary N) is 1. The summed E-state index contributed by atoms with van der Waals surface area (Å²) in [5, 5.41) is 2.91. The Bertz CT molecular complexity index is 811. The Morgan fingerprint density at radius 3 is 2.17 bits per heavy atom. The molecule has 1 N–H and O–H groups in total. The average molecular weight is 317 g/mol. The standard InChI is InChI=1S/C21H19NO2/c1-16-7-5-6-8-17(16)15-21(23)22-18-11-13-20(14-12-18)24-19-9-3-2-4-10-19/h2-14H,15H2,1H3,(H,22,23). The van der Waals surface area contributed by atoms with Gasteiger partial charge in [0, 0.05) is 5.69 Å². The van der Waals surface area contributed by atoms with Gasteiger partial charge in [0.2, 0.25) is 5.91 Å². The average Bonchev–Trinajstić information content (AvgIpc) is 2.60.